The van der Waals surface area contributed by atoms with Gasteiger partial charge in [-0.05, 0) is 43.8 Å². The van der Waals surface area contributed by atoms with E-state index in [0.29, 0.717) is 0 Å². The van der Waals surface area contributed by atoms with E-state index in [1.807, 2.05) is 18.2 Å². The molecule has 4 heteroatoms. The van der Waals surface area contributed by atoms with Crippen LogP contribution in [0, 0.1) is 0 Å². The van der Waals surface area contributed by atoms with Gasteiger partial charge in [0, 0.05) is 24.1 Å². The van der Waals surface area contributed by atoms with Gasteiger partial charge in [-0.3, -0.25) is 4.90 Å². The van der Waals surface area contributed by atoms with Gasteiger partial charge in [-0.2, -0.15) is 0 Å². The van der Waals surface area contributed by atoms with E-state index < -0.39 is 0 Å². The van der Waals surface area contributed by atoms with Crippen LogP contribution in [0.4, 0.5) is 5.82 Å². The molecule has 1 aromatic heterocycles. The van der Waals surface area contributed by atoms with E-state index in [4.69, 9.17) is 0 Å². The van der Waals surface area contributed by atoms with Crippen LogP contribution in [0.5, 0.6) is 0 Å². The number of halogens is 1. The molecule has 0 aliphatic rings. The number of anilines is 1. The highest BCUT2D eigenvalue weighted by Crippen LogP contribution is 2.14. The van der Waals surface area contributed by atoms with Crippen molar-refractivity contribution in [2.75, 3.05) is 18.9 Å². The summed E-state index contributed by atoms with van der Waals surface area (Å²) in [4.78, 5) is 6.86. The molecule has 0 radical (unpaired) electrons. The molecule has 1 N–H and O–H groups in total. The maximum Gasteiger partial charge on any atom is 0.126 e. The number of benzene rings is 1. The van der Waals surface area contributed by atoms with Crippen LogP contribution in [0.1, 0.15) is 18.2 Å². The van der Waals surface area contributed by atoms with Gasteiger partial charge in [0.1, 0.15) is 5.82 Å². The predicted octanol–water partition coefficient (Wildman–Crippen LogP) is 3.91. The van der Waals surface area contributed by atoms with Crippen molar-refractivity contribution in [3.8, 4) is 0 Å². The maximum atomic E-state index is 4.60. The van der Waals surface area contributed by atoms with Gasteiger partial charge in [-0.1, -0.05) is 34.1 Å². The first-order valence-corrected chi connectivity index (χ1v) is 7.59. The molecule has 0 spiro atoms. The summed E-state index contributed by atoms with van der Waals surface area (Å²) in [5.74, 6) is 0.945. The number of nitrogens with zero attached hydrogens (tertiary/aromatic N) is 2. The Kier molecular flexibility index (Phi) is 5.56. The van der Waals surface area contributed by atoms with Crippen LogP contribution in [0.15, 0.2) is 46.9 Å². The lowest BCUT2D eigenvalue weighted by molar-refractivity contribution is 0.315. The monoisotopic (exact) mass is 333 g/mol. The summed E-state index contributed by atoms with van der Waals surface area (Å²) in [6.07, 6.45) is 0. The molecular weight excluding hydrogens is 314 g/mol. The van der Waals surface area contributed by atoms with Crippen LogP contribution in [0.3, 0.4) is 0 Å². The van der Waals surface area contributed by atoms with E-state index >= 15 is 0 Å². The topological polar surface area (TPSA) is 28.2 Å². The smallest absolute Gasteiger partial charge is 0.126 e. The molecule has 0 aliphatic heterocycles. The Morgan fingerprint density at radius 1 is 1.15 bits per heavy atom. The molecule has 0 unspecified atom stereocenters. The quantitative estimate of drug-likeness (QED) is 0.868. The van der Waals surface area contributed by atoms with Crippen molar-refractivity contribution in [3.05, 3.63) is 58.2 Å². The third-order valence-electron chi connectivity index (χ3n) is 2.94. The predicted molar refractivity (Wildman–Crippen MR) is 87.7 cm³/mol. The van der Waals surface area contributed by atoms with Crippen molar-refractivity contribution in [1.29, 1.82) is 0 Å². The van der Waals surface area contributed by atoms with Crippen molar-refractivity contribution in [2.24, 2.45) is 0 Å². The number of hydrogen-bond acceptors (Lipinski definition) is 3. The molecule has 2 rings (SSSR count). The van der Waals surface area contributed by atoms with Crippen molar-refractivity contribution in [2.45, 2.75) is 20.0 Å². The molecule has 2 aromatic rings. The second kappa shape index (κ2) is 7.41. The summed E-state index contributed by atoms with van der Waals surface area (Å²) in [7, 11) is 2.11. The van der Waals surface area contributed by atoms with E-state index in [9.17, 15) is 0 Å². The second-order valence-corrected chi connectivity index (χ2v) is 5.76. The van der Waals surface area contributed by atoms with Crippen molar-refractivity contribution in [3.63, 3.8) is 0 Å². The lowest BCUT2D eigenvalue weighted by Gasteiger charge is -2.17. The number of hydrogen-bond donors (Lipinski definition) is 1. The first-order chi connectivity index (χ1) is 9.67. The lowest BCUT2D eigenvalue weighted by Crippen LogP contribution is -2.18. The molecule has 0 amide bonds. The summed E-state index contributed by atoms with van der Waals surface area (Å²) in [6.45, 7) is 4.72. The van der Waals surface area contributed by atoms with Crippen LogP contribution in [0.2, 0.25) is 0 Å². The molecule has 0 fully saturated rings. The number of pyridine rings is 1. The molecule has 0 saturated heterocycles. The van der Waals surface area contributed by atoms with Crippen molar-refractivity contribution < 1.29 is 0 Å². The molecule has 1 heterocycles. The molecule has 106 valence electrons. The van der Waals surface area contributed by atoms with Crippen LogP contribution in [0.25, 0.3) is 0 Å². The highest BCUT2D eigenvalue weighted by Gasteiger charge is 2.04. The van der Waals surface area contributed by atoms with E-state index in [1.54, 1.807) is 0 Å². The average molecular weight is 334 g/mol. The number of rotatable bonds is 6. The minimum atomic E-state index is 0.839. The van der Waals surface area contributed by atoms with Crippen molar-refractivity contribution in [1.82, 2.24) is 9.88 Å². The zero-order chi connectivity index (χ0) is 14.4. The Labute approximate surface area is 129 Å². The van der Waals surface area contributed by atoms with Gasteiger partial charge >= 0.3 is 0 Å². The van der Waals surface area contributed by atoms with Gasteiger partial charge in [0.15, 0.2) is 0 Å². The average Bonchev–Trinajstić information content (AvgIpc) is 2.39. The lowest BCUT2D eigenvalue weighted by atomic mass is 10.2. The summed E-state index contributed by atoms with van der Waals surface area (Å²) in [6, 6.07) is 14.5. The Morgan fingerprint density at radius 2 is 1.95 bits per heavy atom. The fourth-order valence-electron chi connectivity index (χ4n) is 2.13. The largest absolute Gasteiger partial charge is 0.370 e. The Hall–Kier alpha value is -1.39. The van der Waals surface area contributed by atoms with Crippen molar-refractivity contribution >= 4 is 21.7 Å². The van der Waals surface area contributed by atoms with E-state index in [0.717, 1.165) is 35.6 Å². The molecule has 0 aliphatic carbocycles. The molecule has 0 bridgehead atoms. The van der Waals surface area contributed by atoms with E-state index in [-0.39, 0.29) is 0 Å². The first-order valence-electron chi connectivity index (χ1n) is 6.80. The normalized spacial score (nSPS) is 10.8. The highest BCUT2D eigenvalue weighted by molar-refractivity contribution is 9.10. The fraction of sp³-hybridized carbons (Fsp3) is 0.312. The van der Waals surface area contributed by atoms with E-state index in [2.05, 4.69) is 69.4 Å². The van der Waals surface area contributed by atoms with Gasteiger partial charge in [-0.25, -0.2) is 4.98 Å². The Balaban J connectivity index is 1.97. The van der Waals surface area contributed by atoms with Gasteiger partial charge in [0.2, 0.25) is 0 Å². The van der Waals surface area contributed by atoms with Gasteiger partial charge in [-0.15, -0.1) is 0 Å². The zero-order valence-corrected chi connectivity index (χ0v) is 13.5. The fourth-order valence-corrected chi connectivity index (χ4v) is 2.57. The molecule has 3 nitrogen and oxygen atoms in total. The van der Waals surface area contributed by atoms with E-state index in [1.165, 1.54) is 5.56 Å². The number of aromatic nitrogens is 1. The van der Waals surface area contributed by atoms with Crippen LogP contribution < -0.4 is 5.32 Å². The molecule has 1 aromatic carbocycles. The maximum absolute atomic E-state index is 4.60. The van der Waals surface area contributed by atoms with Gasteiger partial charge in [0.25, 0.3) is 0 Å². The standard InChI is InChI=1S/C16H20BrN3/c1-3-18-16-9-5-8-15(19-16)12-20(2)11-13-6-4-7-14(17)10-13/h4-10H,3,11-12H2,1-2H3,(H,18,19). The third-order valence-corrected chi connectivity index (χ3v) is 3.43. The zero-order valence-electron chi connectivity index (χ0n) is 11.9. The highest BCUT2D eigenvalue weighted by atomic mass is 79.9. The molecule has 0 saturated carbocycles. The number of nitrogens with one attached hydrogen (secondary N) is 1. The summed E-state index contributed by atoms with van der Waals surface area (Å²) in [5, 5.41) is 3.24. The van der Waals surface area contributed by atoms with Gasteiger partial charge < -0.3 is 5.32 Å². The minimum Gasteiger partial charge on any atom is -0.370 e. The Bertz CT molecular complexity index is 557. The molecule has 0 atom stereocenters. The third kappa shape index (κ3) is 4.62. The van der Waals surface area contributed by atoms with Gasteiger partial charge in [0.05, 0.1) is 5.69 Å². The van der Waals surface area contributed by atoms with Crippen LogP contribution >= 0.6 is 15.9 Å². The van der Waals surface area contributed by atoms with Crippen LogP contribution in [-0.2, 0) is 13.1 Å². The Morgan fingerprint density at radius 3 is 2.70 bits per heavy atom. The first kappa shape index (κ1) is 15.0. The summed E-state index contributed by atoms with van der Waals surface area (Å²) < 4.78 is 1.12. The second-order valence-electron chi connectivity index (χ2n) is 4.85. The SMILES string of the molecule is CCNc1cccc(CN(C)Cc2cccc(Br)c2)n1. The summed E-state index contributed by atoms with van der Waals surface area (Å²) >= 11 is 3.51. The minimum absolute atomic E-state index is 0.839. The molecular formula is C16H20BrN3. The van der Waals surface area contributed by atoms with Crippen LogP contribution in [-0.4, -0.2) is 23.5 Å². The summed E-state index contributed by atoms with van der Waals surface area (Å²) in [5.41, 5.74) is 2.38. The molecule has 20 heavy (non-hydrogen) atoms.